The maximum atomic E-state index is 12.1. The van der Waals surface area contributed by atoms with Crippen LogP contribution in [0.3, 0.4) is 0 Å². The molecule has 2 aromatic carbocycles. The fourth-order valence-electron chi connectivity index (χ4n) is 2.19. The Morgan fingerprint density at radius 1 is 0.958 bits per heavy atom. The second-order valence-electron chi connectivity index (χ2n) is 6.62. The van der Waals surface area contributed by atoms with E-state index >= 15 is 0 Å². The summed E-state index contributed by atoms with van der Waals surface area (Å²) in [6.07, 6.45) is -0.355. The smallest absolute Gasteiger partial charge is 0.409 e. The summed E-state index contributed by atoms with van der Waals surface area (Å²) in [7, 11) is 0. The summed E-state index contributed by atoms with van der Waals surface area (Å²) in [5.74, 6) is 0. The van der Waals surface area contributed by atoms with E-state index in [1.807, 2.05) is 81.4 Å². The van der Waals surface area contributed by atoms with E-state index in [0.717, 1.165) is 11.1 Å². The predicted octanol–water partition coefficient (Wildman–Crippen LogP) is 4.30. The van der Waals surface area contributed by atoms with Gasteiger partial charge in [-0.3, -0.25) is 5.32 Å². The number of amides is 1. The number of hydrogen-bond donors (Lipinski definition) is 1. The Kier molecular flexibility index (Phi) is 6.38. The third-order valence-corrected chi connectivity index (χ3v) is 3.24. The predicted molar refractivity (Wildman–Crippen MR) is 94.5 cm³/mol. The Bertz CT molecular complexity index is 620. The van der Waals surface area contributed by atoms with Crippen molar-refractivity contribution >= 4 is 6.09 Å². The minimum absolute atomic E-state index is 0.425. The van der Waals surface area contributed by atoms with Gasteiger partial charge in [0, 0.05) is 6.42 Å². The van der Waals surface area contributed by atoms with E-state index in [1.54, 1.807) is 0 Å². The zero-order chi connectivity index (χ0) is 17.4. The van der Waals surface area contributed by atoms with Crippen LogP contribution >= 0.6 is 0 Å². The van der Waals surface area contributed by atoms with Crippen LogP contribution in [0.15, 0.2) is 60.7 Å². The first-order valence-corrected chi connectivity index (χ1v) is 8.11. The van der Waals surface area contributed by atoms with Gasteiger partial charge in [-0.25, -0.2) is 4.79 Å². The lowest BCUT2D eigenvalue weighted by Gasteiger charge is -2.24. The van der Waals surface area contributed by atoms with Crippen molar-refractivity contribution in [3.05, 3.63) is 71.8 Å². The number of rotatable bonds is 6. The molecule has 4 heteroatoms. The van der Waals surface area contributed by atoms with Gasteiger partial charge in [0.25, 0.3) is 0 Å². The van der Waals surface area contributed by atoms with Crippen LogP contribution < -0.4 is 5.32 Å². The molecule has 2 rings (SSSR count). The highest BCUT2D eigenvalue weighted by Crippen LogP contribution is 2.10. The molecular weight excluding hydrogens is 302 g/mol. The molecule has 0 spiro atoms. The lowest BCUT2D eigenvalue weighted by atomic mass is 10.1. The maximum absolute atomic E-state index is 12.1. The molecule has 0 radical (unpaired) electrons. The molecule has 0 bridgehead atoms. The zero-order valence-electron chi connectivity index (χ0n) is 14.5. The fourth-order valence-corrected chi connectivity index (χ4v) is 2.19. The molecule has 128 valence electrons. The van der Waals surface area contributed by atoms with Gasteiger partial charge in [0.05, 0.1) is 6.61 Å². The normalized spacial score (nSPS) is 12.5. The van der Waals surface area contributed by atoms with Gasteiger partial charge < -0.3 is 9.47 Å². The topological polar surface area (TPSA) is 47.6 Å². The van der Waals surface area contributed by atoms with E-state index in [1.165, 1.54) is 0 Å². The van der Waals surface area contributed by atoms with Crippen LogP contribution in [0.1, 0.15) is 31.9 Å². The number of carbonyl (C=O) groups is 1. The molecule has 1 amide bonds. The van der Waals surface area contributed by atoms with Crippen LogP contribution in [0, 0.1) is 0 Å². The summed E-state index contributed by atoms with van der Waals surface area (Å²) in [5, 5.41) is 2.81. The highest BCUT2D eigenvalue weighted by molar-refractivity contribution is 5.67. The molecule has 0 unspecified atom stereocenters. The molecule has 0 aliphatic heterocycles. The highest BCUT2D eigenvalue weighted by atomic mass is 16.6. The van der Waals surface area contributed by atoms with Crippen molar-refractivity contribution < 1.29 is 14.3 Å². The van der Waals surface area contributed by atoms with E-state index in [-0.39, 0.29) is 0 Å². The van der Waals surface area contributed by atoms with Crippen molar-refractivity contribution in [2.45, 2.75) is 45.6 Å². The summed E-state index contributed by atoms with van der Waals surface area (Å²) in [6, 6.07) is 19.8. The zero-order valence-corrected chi connectivity index (χ0v) is 14.5. The molecule has 1 atom stereocenters. The molecule has 0 aliphatic carbocycles. The van der Waals surface area contributed by atoms with Gasteiger partial charge in [-0.05, 0) is 31.9 Å². The van der Waals surface area contributed by atoms with Crippen LogP contribution in [0.2, 0.25) is 0 Å². The molecule has 0 aromatic heterocycles. The molecule has 0 saturated heterocycles. The average Bonchev–Trinajstić information content (AvgIpc) is 2.53. The van der Waals surface area contributed by atoms with Crippen molar-refractivity contribution in [2.75, 3.05) is 0 Å². The first-order valence-electron chi connectivity index (χ1n) is 8.11. The molecule has 1 N–H and O–H groups in total. The molecule has 0 aliphatic rings. The first kappa shape index (κ1) is 18.0. The molecule has 2 aromatic rings. The third-order valence-electron chi connectivity index (χ3n) is 3.24. The van der Waals surface area contributed by atoms with E-state index in [0.29, 0.717) is 13.0 Å². The molecule has 0 saturated carbocycles. The summed E-state index contributed by atoms with van der Waals surface area (Å²) in [4.78, 5) is 12.1. The van der Waals surface area contributed by atoms with Crippen molar-refractivity contribution in [3.8, 4) is 0 Å². The van der Waals surface area contributed by atoms with E-state index in [9.17, 15) is 4.79 Å². The van der Waals surface area contributed by atoms with E-state index < -0.39 is 17.9 Å². The van der Waals surface area contributed by atoms with Gasteiger partial charge >= 0.3 is 6.09 Å². The molecular formula is C20H25NO3. The number of alkyl carbamates (subject to hydrolysis) is 1. The Morgan fingerprint density at radius 3 is 2.04 bits per heavy atom. The Labute approximate surface area is 143 Å². The molecule has 4 nitrogen and oxygen atoms in total. The number of carbonyl (C=O) groups excluding carboxylic acids is 1. The van der Waals surface area contributed by atoms with Crippen molar-refractivity contribution in [1.82, 2.24) is 5.32 Å². The minimum atomic E-state index is -0.541. The number of ether oxygens (including phenoxy) is 2. The van der Waals surface area contributed by atoms with Gasteiger partial charge in [0.2, 0.25) is 0 Å². The van der Waals surface area contributed by atoms with Gasteiger partial charge in [0.15, 0.2) is 0 Å². The van der Waals surface area contributed by atoms with Gasteiger partial charge in [-0.15, -0.1) is 0 Å². The number of nitrogens with one attached hydrogen (secondary N) is 1. The molecule has 0 fully saturated rings. The van der Waals surface area contributed by atoms with Crippen LogP contribution in [-0.4, -0.2) is 17.9 Å². The summed E-state index contributed by atoms with van der Waals surface area (Å²) in [5.41, 5.74) is 1.61. The standard InChI is InChI=1S/C20H25NO3/c1-20(2,3)24-19(22)21-18(14-16-10-6-4-7-11-16)23-15-17-12-8-5-9-13-17/h4-13,18H,14-15H2,1-3H3,(H,21,22)/t18-/m0/s1. The van der Waals surface area contributed by atoms with Crippen LogP contribution in [0.5, 0.6) is 0 Å². The van der Waals surface area contributed by atoms with Gasteiger partial charge in [0.1, 0.15) is 11.8 Å². The number of hydrogen-bond acceptors (Lipinski definition) is 3. The maximum Gasteiger partial charge on any atom is 0.409 e. The molecule has 24 heavy (non-hydrogen) atoms. The third kappa shape index (κ3) is 6.84. The molecule has 0 heterocycles. The van der Waals surface area contributed by atoms with Crippen molar-refractivity contribution in [1.29, 1.82) is 0 Å². The van der Waals surface area contributed by atoms with Crippen LogP contribution in [-0.2, 0) is 22.5 Å². The lowest BCUT2D eigenvalue weighted by Crippen LogP contribution is -2.41. The second-order valence-corrected chi connectivity index (χ2v) is 6.62. The summed E-state index contributed by atoms with van der Waals surface area (Å²) >= 11 is 0. The quantitative estimate of drug-likeness (QED) is 0.805. The first-order chi connectivity index (χ1) is 11.4. The largest absolute Gasteiger partial charge is 0.444 e. The minimum Gasteiger partial charge on any atom is -0.444 e. The van der Waals surface area contributed by atoms with Gasteiger partial charge in [-0.2, -0.15) is 0 Å². The van der Waals surface area contributed by atoms with E-state index in [2.05, 4.69) is 5.32 Å². The summed E-state index contributed by atoms with van der Waals surface area (Å²) < 4.78 is 11.2. The average molecular weight is 327 g/mol. The van der Waals surface area contributed by atoms with Crippen LogP contribution in [0.25, 0.3) is 0 Å². The monoisotopic (exact) mass is 327 g/mol. The second kappa shape index (κ2) is 8.50. The SMILES string of the molecule is CC(C)(C)OC(=O)N[C@H](Cc1ccccc1)OCc1ccccc1. The number of benzene rings is 2. The Morgan fingerprint density at radius 2 is 1.50 bits per heavy atom. The Balaban J connectivity index is 1.99. The van der Waals surface area contributed by atoms with Crippen LogP contribution in [0.4, 0.5) is 4.79 Å². The highest BCUT2D eigenvalue weighted by Gasteiger charge is 2.20. The Hall–Kier alpha value is -2.33. The van der Waals surface area contributed by atoms with E-state index in [4.69, 9.17) is 9.47 Å². The van der Waals surface area contributed by atoms with Crippen molar-refractivity contribution in [3.63, 3.8) is 0 Å². The summed E-state index contributed by atoms with van der Waals surface area (Å²) in [6.45, 7) is 5.94. The van der Waals surface area contributed by atoms with Crippen molar-refractivity contribution in [2.24, 2.45) is 0 Å². The van der Waals surface area contributed by atoms with Gasteiger partial charge in [-0.1, -0.05) is 60.7 Å². The lowest BCUT2D eigenvalue weighted by molar-refractivity contribution is -0.000927. The fraction of sp³-hybridized carbons (Fsp3) is 0.350.